The van der Waals surface area contributed by atoms with Gasteiger partial charge in [-0.2, -0.15) is 0 Å². The molecule has 0 saturated carbocycles. The normalized spacial score (nSPS) is 15.7. The van der Waals surface area contributed by atoms with Crippen LogP contribution < -0.4 is 0 Å². The standard InChI is InChI=1S/C25H36N4O8/c1-5-36-23(31)17-27-10-12-29(21(25(33)35-4)14-22(30)34-3)13-11-28(18-24(32)37-6-2)16-20-9-7-8-19(15-27)26-20/h7-9,14H,5-6,10-13,15-18H2,1-4H3/b21-14-. The van der Waals surface area contributed by atoms with Gasteiger partial charge in [0, 0.05) is 39.3 Å². The molecule has 12 heteroatoms. The number of ether oxygens (including phenoxy) is 4. The molecule has 0 radical (unpaired) electrons. The van der Waals surface area contributed by atoms with Gasteiger partial charge in [-0.25, -0.2) is 9.59 Å². The fourth-order valence-electron chi connectivity index (χ4n) is 3.80. The molecule has 1 aromatic rings. The van der Waals surface area contributed by atoms with E-state index >= 15 is 0 Å². The van der Waals surface area contributed by atoms with Crippen LogP contribution in [0.5, 0.6) is 0 Å². The number of hydrogen-bond acceptors (Lipinski definition) is 12. The molecule has 37 heavy (non-hydrogen) atoms. The molecule has 1 aliphatic rings. The van der Waals surface area contributed by atoms with Gasteiger partial charge < -0.3 is 23.8 Å². The van der Waals surface area contributed by atoms with Crippen LogP contribution in [0.3, 0.4) is 0 Å². The second-order valence-electron chi connectivity index (χ2n) is 8.18. The van der Waals surface area contributed by atoms with Crippen LogP contribution in [0.4, 0.5) is 0 Å². The Labute approximate surface area is 217 Å². The number of nitrogens with zero attached hydrogens (tertiary/aromatic N) is 4. The second-order valence-corrected chi connectivity index (χ2v) is 8.18. The van der Waals surface area contributed by atoms with Gasteiger partial charge in [-0.05, 0) is 26.0 Å². The zero-order valence-electron chi connectivity index (χ0n) is 21.9. The summed E-state index contributed by atoms with van der Waals surface area (Å²) >= 11 is 0. The first-order chi connectivity index (χ1) is 17.8. The fourth-order valence-corrected chi connectivity index (χ4v) is 3.80. The summed E-state index contributed by atoms with van der Waals surface area (Å²) in [5.74, 6) is -2.18. The van der Waals surface area contributed by atoms with Crippen molar-refractivity contribution in [3.8, 4) is 0 Å². The Morgan fingerprint density at radius 2 is 1.35 bits per heavy atom. The van der Waals surface area contributed by atoms with Crippen molar-refractivity contribution in [3.63, 3.8) is 0 Å². The van der Waals surface area contributed by atoms with Crippen molar-refractivity contribution in [3.05, 3.63) is 41.4 Å². The molecule has 0 atom stereocenters. The average Bonchev–Trinajstić information content (AvgIpc) is 2.86. The first-order valence-corrected chi connectivity index (χ1v) is 12.1. The maximum atomic E-state index is 12.6. The summed E-state index contributed by atoms with van der Waals surface area (Å²) < 4.78 is 19.9. The molecule has 0 fully saturated rings. The van der Waals surface area contributed by atoms with Crippen LogP contribution in [0.2, 0.25) is 0 Å². The largest absolute Gasteiger partial charge is 0.466 e. The molecule has 1 aliphatic heterocycles. The Hall–Kier alpha value is -3.51. The smallest absolute Gasteiger partial charge is 0.354 e. The van der Waals surface area contributed by atoms with Crippen LogP contribution in [0.1, 0.15) is 25.2 Å². The van der Waals surface area contributed by atoms with Crippen LogP contribution >= 0.6 is 0 Å². The molecule has 1 aromatic heterocycles. The number of carbonyl (C=O) groups is 4. The lowest BCUT2D eigenvalue weighted by molar-refractivity contribution is -0.145. The Balaban J connectivity index is 2.43. The number of fused-ring (bicyclic) bond motifs is 2. The number of aromatic nitrogens is 1. The lowest BCUT2D eigenvalue weighted by atomic mass is 10.2. The first kappa shape index (κ1) is 29.7. The molecule has 0 unspecified atom stereocenters. The molecule has 2 rings (SSSR count). The van der Waals surface area contributed by atoms with Gasteiger partial charge in [-0.1, -0.05) is 6.07 Å². The van der Waals surface area contributed by atoms with E-state index in [1.54, 1.807) is 18.7 Å². The van der Waals surface area contributed by atoms with Gasteiger partial charge in [0.1, 0.15) is 5.70 Å². The Morgan fingerprint density at radius 3 is 1.78 bits per heavy atom. The minimum atomic E-state index is -0.711. The molecule has 0 aliphatic carbocycles. The summed E-state index contributed by atoms with van der Waals surface area (Å²) in [6.07, 6.45) is 1.08. The van der Waals surface area contributed by atoms with Gasteiger partial charge >= 0.3 is 23.9 Å². The summed E-state index contributed by atoms with van der Waals surface area (Å²) in [5, 5.41) is 0. The van der Waals surface area contributed by atoms with Gasteiger partial charge in [-0.3, -0.25) is 24.4 Å². The SMILES string of the molecule is CCOC(=O)CN1CCN(/C(=C\C(=O)OC)C(=O)OC)CCN(CC(=O)OCC)Cc2cccc(n2)C1. The summed E-state index contributed by atoms with van der Waals surface area (Å²) in [6, 6.07) is 5.60. The number of esters is 4. The third-order valence-corrected chi connectivity index (χ3v) is 5.51. The molecule has 0 saturated heterocycles. The average molecular weight is 521 g/mol. The molecular formula is C25H36N4O8. The first-order valence-electron chi connectivity index (χ1n) is 12.1. The van der Waals surface area contributed by atoms with Crippen LogP contribution in [-0.4, -0.2) is 110 Å². The zero-order chi connectivity index (χ0) is 27.2. The highest BCUT2D eigenvalue weighted by Crippen LogP contribution is 2.13. The number of methoxy groups -OCH3 is 2. The van der Waals surface area contributed by atoms with Gasteiger partial charge in [0.15, 0.2) is 0 Å². The molecule has 0 spiro atoms. The van der Waals surface area contributed by atoms with Crippen molar-refractivity contribution < 1.29 is 38.1 Å². The van der Waals surface area contributed by atoms with E-state index in [0.717, 1.165) is 17.5 Å². The molecule has 0 amide bonds. The number of rotatable bonds is 9. The minimum absolute atomic E-state index is 0.00947. The van der Waals surface area contributed by atoms with E-state index in [2.05, 4.69) is 0 Å². The maximum absolute atomic E-state index is 12.6. The van der Waals surface area contributed by atoms with E-state index in [0.29, 0.717) is 26.2 Å². The van der Waals surface area contributed by atoms with E-state index < -0.39 is 11.9 Å². The predicted molar refractivity (Wildman–Crippen MR) is 132 cm³/mol. The van der Waals surface area contributed by atoms with Gasteiger partial charge in [0.25, 0.3) is 0 Å². The molecule has 204 valence electrons. The van der Waals surface area contributed by atoms with E-state index in [4.69, 9.17) is 23.9 Å². The van der Waals surface area contributed by atoms with E-state index in [1.807, 2.05) is 28.0 Å². The fraction of sp³-hybridized carbons (Fsp3) is 0.560. The third-order valence-electron chi connectivity index (χ3n) is 5.51. The highest BCUT2D eigenvalue weighted by Gasteiger charge is 2.24. The number of hydrogen-bond donors (Lipinski definition) is 0. The zero-order valence-corrected chi connectivity index (χ0v) is 21.9. The van der Waals surface area contributed by atoms with Crippen LogP contribution in [-0.2, 0) is 51.2 Å². The predicted octanol–water partition coefficient (Wildman–Crippen LogP) is 0.357. The monoisotopic (exact) mass is 520 g/mol. The van der Waals surface area contributed by atoms with Gasteiger partial charge in [0.05, 0.1) is 58.0 Å². The summed E-state index contributed by atoms with van der Waals surface area (Å²) in [5.41, 5.74) is 1.49. The van der Waals surface area contributed by atoms with Crippen molar-refractivity contribution in [2.75, 3.05) is 66.7 Å². The van der Waals surface area contributed by atoms with Gasteiger partial charge in [0.2, 0.25) is 0 Å². The Kier molecular flexibility index (Phi) is 12.5. The van der Waals surface area contributed by atoms with Crippen LogP contribution in [0, 0.1) is 0 Å². The van der Waals surface area contributed by atoms with Crippen molar-refractivity contribution in [1.29, 1.82) is 0 Å². The topological polar surface area (TPSA) is 128 Å². The molecule has 0 aromatic carbocycles. The molecule has 12 nitrogen and oxygen atoms in total. The second kappa shape index (κ2) is 15.6. The lowest BCUT2D eigenvalue weighted by Gasteiger charge is -2.32. The highest BCUT2D eigenvalue weighted by molar-refractivity contribution is 5.95. The Bertz CT molecular complexity index is 919. The molecule has 2 bridgehead atoms. The van der Waals surface area contributed by atoms with Crippen LogP contribution in [0.25, 0.3) is 0 Å². The van der Waals surface area contributed by atoms with Crippen LogP contribution in [0.15, 0.2) is 30.0 Å². The minimum Gasteiger partial charge on any atom is -0.466 e. The molecule has 2 heterocycles. The molecular weight excluding hydrogens is 484 g/mol. The van der Waals surface area contributed by atoms with E-state index in [9.17, 15) is 19.2 Å². The third kappa shape index (κ3) is 10.2. The summed E-state index contributed by atoms with van der Waals surface area (Å²) in [4.78, 5) is 59.3. The van der Waals surface area contributed by atoms with Crippen molar-refractivity contribution in [1.82, 2.24) is 19.7 Å². The van der Waals surface area contributed by atoms with E-state index in [-0.39, 0.29) is 57.0 Å². The van der Waals surface area contributed by atoms with Gasteiger partial charge in [-0.15, -0.1) is 0 Å². The Morgan fingerprint density at radius 1 is 0.838 bits per heavy atom. The summed E-state index contributed by atoms with van der Waals surface area (Å²) in [6.45, 7) is 5.98. The van der Waals surface area contributed by atoms with Crippen molar-refractivity contribution in [2.24, 2.45) is 0 Å². The van der Waals surface area contributed by atoms with E-state index in [1.165, 1.54) is 14.2 Å². The lowest BCUT2D eigenvalue weighted by Crippen LogP contribution is -2.43. The maximum Gasteiger partial charge on any atom is 0.354 e. The van der Waals surface area contributed by atoms with Crippen molar-refractivity contribution in [2.45, 2.75) is 26.9 Å². The highest BCUT2D eigenvalue weighted by atomic mass is 16.5. The number of pyridine rings is 1. The van der Waals surface area contributed by atoms with Crippen molar-refractivity contribution >= 4 is 23.9 Å². The quantitative estimate of drug-likeness (QED) is 0.253. The summed E-state index contributed by atoms with van der Waals surface area (Å²) in [7, 11) is 2.44. The number of carbonyl (C=O) groups excluding carboxylic acids is 4. The molecule has 0 N–H and O–H groups in total.